The van der Waals surface area contributed by atoms with Crippen LogP contribution in [0.3, 0.4) is 0 Å². The van der Waals surface area contributed by atoms with E-state index in [0.717, 1.165) is 64.0 Å². The summed E-state index contributed by atoms with van der Waals surface area (Å²) in [6.07, 6.45) is 5.37. The highest BCUT2D eigenvalue weighted by Gasteiger charge is 2.27. The Morgan fingerprint density at radius 2 is 1.57 bits per heavy atom. The molecule has 6 heteroatoms. The first-order chi connectivity index (χ1) is 18.1. The van der Waals surface area contributed by atoms with Gasteiger partial charge >= 0.3 is 0 Å². The van der Waals surface area contributed by atoms with Crippen molar-refractivity contribution in [2.75, 3.05) is 43.5 Å². The summed E-state index contributed by atoms with van der Waals surface area (Å²) in [5.41, 5.74) is 4.09. The van der Waals surface area contributed by atoms with Crippen LogP contribution in [0.25, 0.3) is 0 Å². The Hall–Kier alpha value is -3.80. The number of nitrogens with zero attached hydrogens (tertiary/aromatic N) is 2. The molecule has 5 rings (SSSR count). The Morgan fingerprint density at radius 3 is 2.30 bits per heavy atom. The molecule has 192 valence electrons. The van der Waals surface area contributed by atoms with Gasteiger partial charge < -0.3 is 19.9 Å². The first-order valence-corrected chi connectivity index (χ1v) is 13.3. The highest BCUT2D eigenvalue weighted by Crippen LogP contribution is 2.32. The number of ether oxygens (including phenoxy) is 1. The molecule has 0 saturated carbocycles. The van der Waals surface area contributed by atoms with Gasteiger partial charge in [0.25, 0.3) is 11.8 Å². The number of piperidine rings is 1. The summed E-state index contributed by atoms with van der Waals surface area (Å²) < 4.78 is 5.35. The minimum atomic E-state index is -0.258. The van der Waals surface area contributed by atoms with Crippen LogP contribution in [-0.4, -0.2) is 50.0 Å². The van der Waals surface area contributed by atoms with Crippen molar-refractivity contribution >= 4 is 23.2 Å². The van der Waals surface area contributed by atoms with Gasteiger partial charge in [-0.2, -0.15) is 0 Å². The number of anilines is 2. The summed E-state index contributed by atoms with van der Waals surface area (Å²) in [5, 5.41) is 2.98. The van der Waals surface area contributed by atoms with Gasteiger partial charge in [-0.3, -0.25) is 9.59 Å². The van der Waals surface area contributed by atoms with Crippen LogP contribution in [-0.2, 0) is 6.42 Å². The van der Waals surface area contributed by atoms with Crippen molar-refractivity contribution in [3.8, 4) is 5.75 Å². The van der Waals surface area contributed by atoms with Crippen molar-refractivity contribution in [2.24, 2.45) is 5.92 Å². The monoisotopic (exact) mass is 497 g/mol. The summed E-state index contributed by atoms with van der Waals surface area (Å²) in [5.74, 6) is 0.956. The lowest BCUT2D eigenvalue weighted by molar-refractivity contribution is 0.0793. The van der Waals surface area contributed by atoms with E-state index in [-0.39, 0.29) is 11.8 Å². The topological polar surface area (TPSA) is 61.9 Å². The molecule has 0 spiro atoms. The Kier molecular flexibility index (Phi) is 7.73. The molecule has 0 unspecified atom stereocenters. The van der Waals surface area contributed by atoms with Gasteiger partial charge in [0, 0.05) is 37.6 Å². The van der Waals surface area contributed by atoms with E-state index in [1.54, 1.807) is 19.2 Å². The van der Waals surface area contributed by atoms with E-state index in [9.17, 15) is 9.59 Å². The van der Waals surface area contributed by atoms with Gasteiger partial charge in [-0.05, 0) is 73.9 Å². The Balaban J connectivity index is 1.35. The normalized spacial score (nSPS) is 16.0. The predicted molar refractivity (Wildman–Crippen MR) is 148 cm³/mol. The first-order valence-electron chi connectivity index (χ1n) is 13.3. The minimum absolute atomic E-state index is 0.0484. The zero-order valence-corrected chi connectivity index (χ0v) is 21.5. The van der Waals surface area contributed by atoms with Gasteiger partial charge in [0.05, 0.1) is 18.2 Å². The summed E-state index contributed by atoms with van der Waals surface area (Å²) in [7, 11) is 1.55. The largest absolute Gasteiger partial charge is 0.496 e. The van der Waals surface area contributed by atoms with Crippen molar-refractivity contribution in [3.05, 3.63) is 89.5 Å². The fourth-order valence-corrected chi connectivity index (χ4v) is 5.51. The van der Waals surface area contributed by atoms with E-state index >= 15 is 0 Å². The predicted octanol–water partition coefficient (Wildman–Crippen LogP) is 5.64. The Morgan fingerprint density at radius 1 is 0.865 bits per heavy atom. The van der Waals surface area contributed by atoms with Crippen LogP contribution >= 0.6 is 0 Å². The molecule has 1 N–H and O–H groups in total. The van der Waals surface area contributed by atoms with Crippen molar-refractivity contribution in [1.82, 2.24) is 4.90 Å². The summed E-state index contributed by atoms with van der Waals surface area (Å²) in [4.78, 5) is 30.9. The fraction of sp³-hybridized carbons (Fsp3) is 0.355. The van der Waals surface area contributed by atoms with E-state index < -0.39 is 0 Å². The summed E-state index contributed by atoms with van der Waals surface area (Å²) >= 11 is 0. The number of nitrogens with one attached hydrogen (secondary N) is 1. The van der Waals surface area contributed by atoms with Crippen molar-refractivity contribution in [1.29, 1.82) is 0 Å². The van der Waals surface area contributed by atoms with Gasteiger partial charge in [-0.25, -0.2) is 0 Å². The van der Waals surface area contributed by atoms with E-state index in [4.69, 9.17) is 4.74 Å². The maximum absolute atomic E-state index is 13.6. The molecule has 0 aliphatic carbocycles. The maximum atomic E-state index is 13.6. The third kappa shape index (κ3) is 5.79. The molecule has 0 atom stereocenters. The van der Waals surface area contributed by atoms with Crippen LogP contribution in [0.2, 0.25) is 0 Å². The third-order valence-corrected chi connectivity index (χ3v) is 7.55. The number of para-hydroxylation sites is 1. The second-order valence-electron chi connectivity index (χ2n) is 10.0. The second-order valence-corrected chi connectivity index (χ2v) is 10.0. The van der Waals surface area contributed by atoms with Crippen LogP contribution < -0.4 is 15.0 Å². The Bertz CT molecular complexity index is 1230. The van der Waals surface area contributed by atoms with Gasteiger partial charge in [-0.1, -0.05) is 42.5 Å². The highest BCUT2D eigenvalue weighted by atomic mass is 16.5. The van der Waals surface area contributed by atoms with E-state index in [1.165, 1.54) is 5.56 Å². The number of likely N-dealkylation sites (tertiary alicyclic amines) is 1. The lowest BCUT2D eigenvalue weighted by atomic mass is 9.89. The molecule has 0 bridgehead atoms. The summed E-state index contributed by atoms with van der Waals surface area (Å²) in [6, 6.07) is 23.6. The quantitative estimate of drug-likeness (QED) is 0.459. The van der Waals surface area contributed by atoms with Crippen molar-refractivity contribution in [3.63, 3.8) is 0 Å². The smallest absolute Gasteiger partial charge is 0.259 e. The number of amides is 2. The fourth-order valence-electron chi connectivity index (χ4n) is 5.51. The molecule has 6 nitrogen and oxygen atoms in total. The molecule has 2 saturated heterocycles. The van der Waals surface area contributed by atoms with Crippen LogP contribution in [0.4, 0.5) is 11.4 Å². The molecule has 37 heavy (non-hydrogen) atoms. The lowest BCUT2D eigenvalue weighted by Crippen LogP contribution is -2.36. The molecule has 2 fully saturated rings. The maximum Gasteiger partial charge on any atom is 0.259 e. The van der Waals surface area contributed by atoms with E-state index in [0.29, 0.717) is 28.5 Å². The molecule has 3 aromatic rings. The van der Waals surface area contributed by atoms with Gasteiger partial charge in [0.1, 0.15) is 5.75 Å². The second kappa shape index (κ2) is 11.5. The average Bonchev–Trinajstić information content (AvgIpc) is 3.49. The molecule has 0 radical (unpaired) electrons. The van der Waals surface area contributed by atoms with Crippen molar-refractivity contribution < 1.29 is 14.3 Å². The highest BCUT2D eigenvalue weighted by molar-refractivity contribution is 6.07. The number of carbonyl (C=O) groups is 2. The van der Waals surface area contributed by atoms with Crippen LogP contribution in [0.15, 0.2) is 72.8 Å². The first kappa shape index (κ1) is 24.9. The number of hydrogen-bond acceptors (Lipinski definition) is 4. The van der Waals surface area contributed by atoms with Crippen LogP contribution in [0.1, 0.15) is 52.0 Å². The Labute approximate surface area is 219 Å². The number of methoxy groups -OCH3 is 1. The SMILES string of the molecule is COc1ccccc1C(=O)Nc1ccc(N2CCC(Cc3ccccc3)CC2)c(C(=O)N2CCCC2)c1. The number of hydrogen-bond donors (Lipinski definition) is 1. The lowest BCUT2D eigenvalue weighted by Gasteiger charge is -2.35. The zero-order chi connectivity index (χ0) is 25.6. The number of carbonyl (C=O) groups excluding carboxylic acids is 2. The minimum Gasteiger partial charge on any atom is -0.496 e. The molecule has 2 amide bonds. The molecule has 2 heterocycles. The summed E-state index contributed by atoms with van der Waals surface area (Å²) in [6.45, 7) is 3.42. The van der Waals surface area contributed by atoms with Gasteiger partial charge in [0.2, 0.25) is 0 Å². The average molecular weight is 498 g/mol. The third-order valence-electron chi connectivity index (χ3n) is 7.55. The zero-order valence-electron chi connectivity index (χ0n) is 21.5. The molecular weight excluding hydrogens is 462 g/mol. The molecule has 3 aromatic carbocycles. The molecule has 0 aromatic heterocycles. The van der Waals surface area contributed by atoms with Crippen LogP contribution in [0.5, 0.6) is 5.75 Å². The van der Waals surface area contributed by atoms with Gasteiger partial charge in [-0.15, -0.1) is 0 Å². The number of rotatable bonds is 7. The van der Waals surface area contributed by atoms with Crippen molar-refractivity contribution in [2.45, 2.75) is 32.1 Å². The van der Waals surface area contributed by atoms with E-state index in [2.05, 4.69) is 40.5 Å². The molecular formula is C31H35N3O3. The number of benzene rings is 3. The molecule has 2 aliphatic rings. The van der Waals surface area contributed by atoms with Crippen LogP contribution in [0, 0.1) is 5.92 Å². The molecule has 2 aliphatic heterocycles. The standard InChI is InChI=1S/C31H35N3O3/c1-37-29-12-6-5-11-26(29)30(35)32-25-13-14-28(27(22-25)31(36)34-17-7-8-18-34)33-19-15-24(16-20-33)21-23-9-3-2-4-10-23/h2-6,9-14,22,24H,7-8,15-21H2,1H3,(H,32,35). The van der Waals surface area contributed by atoms with Gasteiger partial charge in [0.15, 0.2) is 0 Å². The van der Waals surface area contributed by atoms with E-state index in [1.807, 2.05) is 35.2 Å².